The summed E-state index contributed by atoms with van der Waals surface area (Å²) in [6, 6.07) is 6.05. The molecule has 0 saturated carbocycles. The third kappa shape index (κ3) is 9.99. The van der Waals surface area contributed by atoms with Gasteiger partial charge in [-0.2, -0.15) is 0 Å². The minimum Gasteiger partial charge on any atom is -0.357 e. The van der Waals surface area contributed by atoms with Crippen LogP contribution in [0.5, 0.6) is 0 Å². The molecule has 1 aliphatic rings. The van der Waals surface area contributed by atoms with E-state index < -0.39 is 0 Å². The summed E-state index contributed by atoms with van der Waals surface area (Å²) >= 11 is 0. The quantitative estimate of drug-likeness (QED) is 0.272. The summed E-state index contributed by atoms with van der Waals surface area (Å²) < 4.78 is 0. The number of hydrogen-bond acceptors (Lipinski definition) is 3. The van der Waals surface area contributed by atoms with Gasteiger partial charge >= 0.3 is 0 Å². The summed E-state index contributed by atoms with van der Waals surface area (Å²) in [6.07, 6.45) is 9.42. The lowest BCUT2D eigenvalue weighted by molar-refractivity contribution is 0.283. The Morgan fingerprint density at radius 3 is 2.64 bits per heavy atom. The first-order chi connectivity index (χ1) is 11.9. The predicted molar refractivity (Wildman–Crippen MR) is 117 cm³/mol. The Kier molecular flexibility index (Phi) is 12.7. The summed E-state index contributed by atoms with van der Waals surface area (Å²) in [4.78, 5) is 11.7. The fraction of sp³-hybridized carbons (Fsp3) is 0.684. The van der Waals surface area contributed by atoms with Gasteiger partial charge in [0.15, 0.2) is 5.96 Å². The van der Waals surface area contributed by atoms with Gasteiger partial charge in [0, 0.05) is 37.9 Å². The van der Waals surface area contributed by atoms with Crippen LogP contribution in [0.1, 0.15) is 44.7 Å². The second kappa shape index (κ2) is 14.3. The van der Waals surface area contributed by atoms with E-state index >= 15 is 0 Å². The van der Waals surface area contributed by atoms with Crippen LogP contribution in [0.3, 0.4) is 0 Å². The molecule has 0 spiro atoms. The monoisotopic (exact) mass is 459 g/mol. The lowest BCUT2D eigenvalue weighted by Gasteiger charge is -2.19. The van der Waals surface area contributed by atoms with Crippen LogP contribution < -0.4 is 10.6 Å². The smallest absolute Gasteiger partial charge is 0.191 e. The Morgan fingerprint density at radius 2 is 1.96 bits per heavy atom. The van der Waals surface area contributed by atoms with Gasteiger partial charge in [-0.15, -0.1) is 24.0 Å². The molecular weight excluding hydrogens is 425 g/mol. The summed E-state index contributed by atoms with van der Waals surface area (Å²) in [5, 5.41) is 6.73. The van der Waals surface area contributed by atoms with Crippen LogP contribution in [0.25, 0.3) is 0 Å². The van der Waals surface area contributed by atoms with E-state index in [1.54, 1.807) is 0 Å². The fourth-order valence-electron chi connectivity index (χ4n) is 3.04. The summed E-state index contributed by atoms with van der Waals surface area (Å²) in [6.45, 7) is 8.45. The highest BCUT2D eigenvalue weighted by Crippen LogP contribution is 2.09. The highest BCUT2D eigenvalue weighted by atomic mass is 127. The average molecular weight is 459 g/mol. The maximum atomic E-state index is 4.70. The van der Waals surface area contributed by atoms with Crippen LogP contribution in [-0.4, -0.2) is 55.1 Å². The van der Waals surface area contributed by atoms with Gasteiger partial charge in [0.1, 0.15) is 0 Å². The first-order valence-corrected chi connectivity index (χ1v) is 9.53. The van der Waals surface area contributed by atoms with E-state index in [0.717, 1.165) is 44.1 Å². The largest absolute Gasteiger partial charge is 0.357 e. The standard InChI is InChI=1S/C19H33N5.HI/c1-2-20-19(23-14-11-18-10-5-6-12-21-18)22-13-9-17-24-15-7-3-4-8-16-24;/h5-6,10,12H,2-4,7-9,11,13-17H2,1H3,(H2,20,22,23);1H. The summed E-state index contributed by atoms with van der Waals surface area (Å²) in [5.74, 6) is 0.921. The van der Waals surface area contributed by atoms with E-state index in [0.29, 0.717) is 0 Å². The molecule has 6 heteroatoms. The molecule has 5 nitrogen and oxygen atoms in total. The number of aliphatic imine (C=N–C) groups is 1. The van der Waals surface area contributed by atoms with Crippen molar-refractivity contribution in [3.8, 4) is 0 Å². The van der Waals surface area contributed by atoms with Crippen molar-refractivity contribution >= 4 is 29.9 Å². The molecule has 1 saturated heterocycles. The predicted octanol–water partition coefficient (Wildman–Crippen LogP) is 3.06. The second-order valence-corrected chi connectivity index (χ2v) is 6.37. The van der Waals surface area contributed by atoms with Gasteiger partial charge in [0.25, 0.3) is 0 Å². The number of rotatable bonds is 8. The van der Waals surface area contributed by atoms with Crippen molar-refractivity contribution < 1.29 is 0 Å². The molecule has 0 unspecified atom stereocenters. The second-order valence-electron chi connectivity index (χ2n) is 6.37. The fourth-order valence-corrected chi connectivity index (χ4v) is 3.04. The summed E-state index contributed by atoms with van der Waals surface area (Å²) in [7, 11) is 0. The molecule has 2 rings (SSSR count). The van der Waals surface area contributed by atoms with Gasteiger partial charge in [-0.05, 0) is 58.0 Å². The van der Waals surface area contributed by atoms with Crippen molar-refractivity contribution in [2.45, 2.75) is 45.4 Å². The number of hydrogen-bond donors (Lipinski definition) is 2. The molecule has 2 N–H and O–H groups in total. The highest BCUT2D eigenvalue weighted by Gasteiger charge is 2.07. The molecule has 0 aliphatic carbocycles. The maximum Gasteiger partial charge on any atom is 0.191 e. The number of nitrogens with zero attached hydrogens (tertiary/aromatic N) is 3. The van der Waals surface area contributed by atoms with Gasteiger partial charge < -0.3 is 15.5 Å². The molecule has 142 valence electrons. The van der Waals surface area contributed by atoms with Gasteiger partial charge in [-0.1, -0.05) is 18.9 Å². The number of guanidine groups is 1. The Hall–Kier alpha value is -0.890. The molecule has 1 aromatic rings. The van der Waals surface area contributed by atoms with Crippen LogP contribution >= 0.6 is 24.0 Å². The average Bonchev–Trinajstić information content (AvgIpc) is 2.88. The molecule has 25 heavy (non-hydrogen) atoms. The zero-order chi connectivity index (χ0) is 16.9. The number of halogens is 1. The minimum atomic E-state index is 0. The normalized spacial score (nSPS) is 16.0. The van der Waals surface area contributed by atoms with E-state index in [4.69, 9.17) is 4.99 Å². The molecular formula is C19H34IN5. The van der Waals surface area contributed by atoms with Crippen LogP contribution in [-0.2, 0) is 6.42 Å². The minimum absolute atomic E-state index is 0. The molecule has 0 atom stereocenters. The zero-order valence-corrected chi connectivity index (χ0v) is 17.9. The van der Waals surface area contributed by atoms with Gasteiger partial charge in [-0.3, -0.25) is 9.98 Å². The van der Waals surface area contributed by atoms with Crippen molar-refractivity contribution in [3.63, 3.8) is 0 Å². The first kappa shape index (κ1) is 22.2. The highest BCUT2D eigenvalue weighted by molar-refractivity contribution is 14.0. The van der Waals surface area contributed by atoms with E-state index in [1.165, 1.54) is 45.3 Å². The van der Waals surface area contributed by atoms with Gasteiger partial charge in [-0.25, -0.2) is 0 Å². The summed E-state index contributed by atoms with van der Waals surface area (Å²) in [5.41, 5.74) is 1.11. The zero-order valence-electron chi connectivity index (χ0n) is 15.5. The first-order valence-electron chi connectivity index (χ1n) is 9.53. The Bertz CT molecular complexity index is 458. The molecule has 0 aromatic carbocycles. The lowest BCUT2D eigenvalue weighted by atomic mass is 10.2. The third-order valence-electron chi connectivity index (χ3n) is 4.35. The molecule has 1 aliphatic heterocycles. The molecule has 2 heterocycles. The topological polar surface area (TPSA) is 52.6 Å². The molecule has 0 radical (unpaired) electrons. The van der Waals surface area contributed by atoms with Crippen LogP contribution in [0.2, 0.25) is 0 Å². The number of aromatic nitrogens is 1. The number of nitrogens with one attached hydrogen (secondary N) is 2. The van der Waals surface area contributed by atoms with Crippen molar-refractivity contribution in [2.75, 3.05) is 39.3 Å². The third-order valence-corrected chi connectivity index (χ3v) is 4.35. The maximum absolute atomic E-state index is 4.70. The van der Waals surface area contributed by atoms with E-state index in [9.17, 15) is 0 Å². The molecule has 0 amide bonds. The Morgan fingerprint density at radius 1 is 1.16 bits per heavy atom. The number of pyridine rings is 1. The Balaban J connectivity index is 0.00000312. The SMILES string of the molecule is CCNC(=NCCCN1CCCCCC1)NCCc1ccccn1.I. The van der Waals surface area contributed by atoms with Crippen LogP contribution in [0.15, 0.2) is 29.4 Å². The van der Waals surface area contributed by atoms with Gasteiger partial charge in [0.05, 0.1) is 0 Å². The van der Waals surface area contributed by atoms with E-state index in [2.05, 4.69) is 33.5 Å². The van der Waals surface area contributed by atoms with E-state index in [1.807, 2.05) is 18.3 Å². The van der Waals surface area contributed by atoms with E-state index in [-0.39, 0.29) is 24.0 Å². The lowest BCUT2D eigenvalue weighted by Crippen LogP contribution is -2.38. The van der Waals surface area contributed by atoms with Gasteiger partial charge in [0.2, 0.25) is 0 Å². The van der Waals surface area contributed by atoms with Crippen LogP contribution in [0, 0.1) is 0 Å². The van der Waals surface area contributed by atoms with Crippen molar-refractivity contribution in [3.05, 3.63) is 30.1 Å². The molecule has 0 bridgehead atoms. The van der Waals surface area contributed by atoms with Crippen molar-refractivity contribution in [1.82, 2.24) is 20.5 Å². The molecule has 1 fully saturated rings. The van der Waals surface area contributed by atoms with Crippen molar-refractivity contribution in [2.24, 2.45) is 4.99 Å². The van der Waals surface area contributed by atoms with Crippen LogP contribution in [0.4, 0.5) is 0 Å². The Labute approximate surface area is 170 Å². The molecule has 1 aromatic heterocycles. The van der Waals surface area contributed by atoms with Crippen molar-refractivity contribution in [1.29, 1.82) is 0 Å². The number of likely N-dealkylation sites (tertiary alicyclic amines) is 1.